The molecule has 10 N–H and O–H groups in total. The molecule has 0 aliphatic carbocycles. The molecule has 1 aromatic heterocycles. The minimum Gasteiger partial charge on any atom is -0.481 e. The zero-order valence-electron chi connectivity index (χ0n) is 26.2. The van der Waals surface area contributed by atoms with Crippen molar-refractivity contribution in [1.29, 1.82) is 0 Å². The highest BCUT2D eigenvalue weighted by molar-refractivity contribution is 5.98. The van der Waals surface area contributed by atoms with E-state index in [-0.39, 0.29) is 25.3 Å². The number of hydrogen-bond donors (Lipinski definition) is 8. The average molecular weight is 642 g/mol. The van der Waals surface area contributed by atoms with Crippen LogP contribution in [-0.4, -0.2) is 101 Å². The van der Waals surface area contributed by atoms with Crippen LogP contribution in [0.4, 0.5) is 0 Å². The van der Waals surface area contributed by atoms with Crippen LogP contribution in [0.5, 0.6) is 0 Å². The topological polar surface area (TPSA) is 254 Å². The zero-order valence-corrected chi connectivity index (χ0v) is 26.2. The number of amides is 5. The summed E-state index contributed by atoms with van der Waals surface area (Å²) in [6.45, 7) is 3.05. The van der Waals surface area contributed by atoms with Crippen molar-refractivity contribution in [2.75, 3.05) is 20.1 Å². The maximum Gasteiger partial charge on any atom is 0.305 e. The summed E-state index contributed by atoms with van der Waals surface area (Å²) < 4.78 is 0. The number of hydrogen-bond acceptors (Lipinski definition) is 7. The van der Waals surface area contributed by atoms with E-state index >= 15 is 0 Å². The summed E-state index contributed by atoms with van der Waals surface area (Å²) >= 11 is 0. The molecule has 0 saturated carbocycles. The summed E-state index contributed by atoms with van der Waals surface area (Å²) in [5.74, 6) is -5.57. The summed E-state index contributed by atoms with van der Waals surface area (Å²) in [7, 11) is 1.43. The molecule has 1 saturated heterocycles. The van der Waals surface area contributed by atoms with E-state index in [2.05, 4.69) is 31.2 Å². The molecule has 1 aliphatic rings. The number of carbonyl (C=O) groups is 6. The van der Waals surface area contributed by atoms with Gasteiger partial charge in [-0.25, -0.2) is 0 Å². The molecular formula is C30H43N9O7. The van der Waals surface area contributed by atoms with E-state index in [1.54, 1.807) is 13.8 Å². The van der Waals surface area contributed by atoms with E-state index in [1.165, 1.54) is 11.9 Å². The van der Waals surface area contributed by atoms with Gasteiger partial charge in [0.15, 0.2) is 5.96 Å². The smallest absolute Gasteiger partial charge is 0.305 e. The van der Waals surface area contributed by atoms with Gasteiger partial charge in [0.2, 0.25) is 29.5 Å². The molecule has 3 rings (SSSR count). The molecule has 1 unspecified atom stereocenters. The number of aliphatic carboxylic acids is 1. The number of carbonyl (C=O) groups excluding carboxylic acids is 5. The minimum atomic E-state index is -1.54. The maximum atomic E-state index is 14.0. The Morgan fingerprint density at radius 3 is 2.35 bits per heavy atom. The van der Waals surface area contributed by atoms with Gasteiger partial charge in [0.1, 0.15) is 24.2 Å². The molecule has 1 aromatic carbocycles. The van der Waals surface area contributed by atoms with Gasteiger partial charge in [-0.3, -0.25) is 33.8 Å². The molecule has 16 heteroatoms. The Labute approximate surface area is 266 Å². The molecule has 0 spiro atoms. The zero-order chi connectivity index (χ0) is 34.0. The van der Waals surface area contributed by atoms with Gasteiger partial charge >= 0.3 is 5.97 Å². The molecule has 1 fully saturated rings. The number of benzene rings is 1. The number of nitrogens with zero attached hydrogens (tertiary/aromatic N) is 2. The van der Waals surface area contributed by atoms with Gasteiger partial charge in [-0.05, 0) is 43.2 Å². The van der Waals surface area contributed by atoms with Crippen LogP contribution in [0.1, 0.15) is 45.1 Å². The van der Waals surface area contributed by atoms with Crippen LogP contribution in [0.25, 0.3) is 10.9 Å². The number of aryl methyl sites for hydroxylation is 1. The largest absolute Gasteiger partial charge is 0.481 e. The molecule has 16 nitrogen and oxygen atoms in total. The first kappa shape index (κ1) is 35.3. The second kappa shape index (κ2) is 16.2. The normalized spacial score (nSPS) is 21.9. The lowest BCUT2D eigenvalue weighted by atomic mass is 9.98. The van der Waals surface area contributed by atoms with Crippen LogP contribution in [0.15, 0.2) is 35.5 Å². The maximum absolute atomic E-state index is 14.0. The highest BCUT2D eigenvalue weighted by atomic mass is 16.4. The molecular weight excluding hydrogens is 598 g/mol. The van der Waals surface area contributed by atoms with Crippen molar-refractivity contribution in [3.05, 3.63) is 36.0 Å². The first-order valence-corrected chi connectivity index (χ1v) is 15.0. The number of guanidine groups is 1. The van der Waals surface area contributed by atoms with Crippen molar-refractivity contribution >= 4 is 52.4 Å². The van der Waals surface area contributed by atoms with Crippen molar-refractivity contribution in [1.82, 2.24) is 31.2 Å². The number of rotatable bonds is 10. The SMILES string of the molecule is CC(C)C1C(=O)N[C@@H](CCCN=C(N)N)C(=O)NCC(=O)N[C@@H](CC(=O)O)C(=O)N[C@H](CCc2c[nH]c3ccccc23)C(=O)N1C. The molecule has 5 amide bonds. The monoisotopic (exact) mass is 641 g/mol. The number of nitrogens with two attached hydrogens (primary N) is 2. The van der Waals surface area contributed by atoms with Crippen LogP contribution in [-0.2, 0) is 35.2 Å². The molecule has 0 radical (unpaired) electrons. The van der Waals surface area contributed by atoms with Gasteiger partial charge in [0.25, 0.3) is 0 Å². The number of carboxylic acid groups (broad SMARTS) is 1. The lowest BCUT2D eigenvalue weighted by Gasteiger charge is -2.34. The van der Waals surface area contributed by atoms with Crippen molar-refractivity contribution < 1.29 is 33.9 Å². The van der Waals surface area contributed by atoms with Crippen LogP contribution in [0.3, 0.4) is 0 Å². The van der Waals surface area contributed by atoms with Gasteiger partial charge in [-0.2, -0.15) is 0 Å². The Morgan fingerprint density at radius 2 is 1.67 bits per heavy atom. The Hall–Kier alpha value is -5.15. The fourth-order valence-electron chi connectivity index (χ4n) is 5.43. The van der Waals surface area contributed by atoms with Crippen LogP contribution >= 0.6 is 0 Å². The summed E-state index contributed by atoms with van der Waals surface area (Å²) in [4.78, 5) is 86.8. The number of carboxylic acids is 1. The number of para-hydroxylation sites is 1. The number of nitrogens with one attached hydrogen (secondary N) is 5. The number of H-pyrrole nitrogens is 1. The summed E-state index contributed by atoms with van der Waals surface area (Å²) in [6.07, 6.45) is 1.89. The van der Waals surface area contributed by atoms with Crippen LogP contribution in [0.2, 0.25) is 0 Å². The fourth-order valence-corrected chi connectivity index (χ4v) is 5.43. The third-order valence-corrected chi connectivity index (χ3v) is 7.69. The van der Waals surface area contributed by atoms with E-state index in [4.69, 9.17) is 11.5 Å². The van der Waals surface area contributed by atoms with Gasteiger partial charge in [-0.1, -0.05) is 32.0 Å². The lowest BCUT2D eigenvalue weighted by Crippen LogP contribution is -2.59. The van der Waals surface area contributed by atoms with Crippen LogP contribution < -0.4 is 32.7 Å². The molecule has 4 atom stereocenters. The van der Waals surface area contributed by atoms with Crippen molar-refractivity contribution in [3.8, 4) is 0 Å². The van der Waals surface area contributed by atoms with Crippen molar-refractivity contribution in [2.24, 2.45) is 22.4 Å². The highest BCUT2D eigenvalue weighted by Gasteiger charge is 2.37. The van der Waals surface area contributed by atoms with E-state index in [0.717, 1.165) is 16.5 Å². The molecule has 250 valence electrons. The molecule has 2 heterocycles. The third-order valence-electron chi connectivity index (χ3n) is 7.69. The molecule has 46 heavy (non-hydrogen) atoms. The second-order valence-electron chi connectivity index (χ2n) is 11.5. The quantitative estimate of drug-likeness (QED) is 0.0870. The molecule has 0 bridgehead atoms. The van der Waals surface area contributed by atoms with Gasteiger partial charge in [0.05, 0.1) is 13.0 Å². The van der Waals surface area contributed by atoms with E-state index < -0.39 is 78.6 Å². The number of aromatic amines is 1. The number of fused-ring (bicyclic) bond motifs is 1. The summed E-state index contributed by atoms with van der Waals surface area (Å²) in [6, 6.07) is 2.69. The Kier molecular flexibility index (Phi) is 12.5. The predicted octanol–water partition coefficient (Wildman–Crippen LogP) is -1.30. The van der Waals surface area contributed by atoms with Crippen molar-refractivity contribution in [3.63, 3.8) is 0 Å². The van der Waals surface area contributed by atoms with Crippen LogP contribution in [0, 0.1) is 5.92 Å². The standard InChI is InChI=1S/C30H43N9O7/c1-16(2)25-28(45)37-20(9-6-12-33-30(31)32)26(43)35-15-23(40)36-22(13-24(41)42)27(44)38-21(29(46)39(25)3)11-10-17-14-34-19-8-5-4-7-18(17)19/h4-5,7-8,14,16,20-22,25,34H,6,9-13,15H2,1-3H3,(H,35,43)(H,36,40)(H,37,45)(H,38,44)(H,41,42)(H4,31,32,33)/t20-,21+,22-,25?/m0/s1. The number of aliphatic imine (C=N–C) groups is 1. The van der Waals surface area contributed by atoms with E-state index in [0.29, 0.717) is 12.8 Å². The molecule has 1 aliphatic heterocycles. The molecule has 2 aromatic rings. The summed E-state index contributed by atoms with van der Waals surface area (Å²) in [5.41, 5.74) is 12.5. The second-order valence-corrected chi connectivity index (χ2v) is 11.5. The predicted molar refractivity (Wildman–Crippen MR) is 169 cm³/mol. The average Bonchev–Trinajstić information content (AvgIpc) is 3.40. The van der Waals surface area contributed by atoms with Gasteiger partial charge < -0.3 is 47.7 Å². The lowest BCUT2D eigenvalue weighted by molar-refractivity contribution is -0.144. The van der Waals surface area contributed by atoms with E-state index in [1.807, 2.05) is 30.5 Å². The van der Waals surface area contributed by atoms with Gasteiger partial charge in [0, 0.05) is 30.7 Å². The van der Waals surface area contributed by atoms with E-state index in [9.17, 15) is 33.9 Å². The highest BCUT2D eigenvalue weighted by Crippen LogP contribution is 2.21. The Bertz CT molecular complexity index is 1470. The fraction of sp³-hybridized carbons (Fsp3) is 0.500. The third kappa shape index (κ3) is 9.67. The minimum absolute atomic E-state index is 0.102. The number of likely N-dealkylation sites (N-methyl/N-ethyl adjacent to an activating group) is 1. The Balaban J connectivity index is 1.97. The summed E-state index contributed by atoms with van der Waals surface area (Å²) in [5, 5.41) is 20.5. The van der Waals surface area contributed by atoms with Gasteiger partial charge in [-0.15, -0.1) is 0 Å². The van der Waals surface area contributed by atoms with Crippen molar-refractivity contribution in [2.45, 2.75) is 70.1 Å². The Morgan fingerprint density at radius 1 is 0.978 bits per heavy atom. The first-order valence-electron chi connectivity index (χ1n) is 15.0. The first-order chi connectivity index (χ1) is 21.8. The number of aromatic nitrogens is 1.